The lowest BCUT2D eigenvalue weighted by atomic mass is 10.1. The number of aliphatic hydroxyl groups excluding tert-OH is 1. The van der Waals surface area contributed by atoms with Crippen molar-refractivity contribution < 1.29 is 5.11 Å². The Hall–Kier alpha value is -1.42. The third-order valence-electron chi connectivity index (χ3n) is 2.60. The second kappa shape index (κ2) is 5.27. The Balaban J connectivity index is 3.11. The van der Waals surface area contributed by atoms with Gasteiger partial charge in [-0.2, -0.15) is 0 Å². The van der Waals surface area contributed by atoms with Crippen molar-refractivity contribution in [3.8, 4) is 0 Å². The van der Waals surface area contributed by atoms with Crippen LogP contribution >= 0.6 is 0 Å². The Morgan fingerprint density at radius 2 is 2.12 bits per heavy atom. The van der Waals surface area contributed by atoms with Gasteiger partial charge in [-0.25, -0.2) is 9.97 Å². The summed E-state index contributed by atoms with van der Waals surface area (Å²) in [6.07, 6.45) is 3.52. The van der Waals surface area contributed by atoms with Crippen LogP contribution in [-0.4, -0.2) is 27.2 Å². The van der Waals surface area contributed by atoms with Crippen molar-refractivity contribution in [3.63, 3.8) is 0 Å². The molecule has 0 bridgehead atoms. The maximum Gasteiger partial charge on any atom is 0.226 e. The maximum atomic E-state index is 9.10. The lowest BCUT2D eigenvalue weighted by molar-refractivity contribution is 0.280. The Morgan fingerprint density at radius 1 is 1.47 bits per heavy atom. The minimum atomic E-state index is -0.0681. The molecule has 0 atom stereocenters. The van der Waals surface area contributed by atoms with Crippen LogP contribution in [0.4, 0.5) is 5.95 Å². The molecule has 0 aliphatic carbocycles. The van der Waals surface area contributed by atoms with Crippen LogP contribution in [0.15, 0.2) is 18.9 Å². The molecule has 0 fully saturated rings. The van der Waals surface area contributed by atoms with Crippen LogP contribution in [0.5, 0.6) is 0 Å². The smallest absolute Gasteiger partial charge is 0.226 e. The molecular formula is C13H21N3O. The van der Waals surface area contributed by atoms with E-state index in [-0.39, 0.29) is 12.1 Å². The van der Waals surface area contributed by atoms with E-state index in [0.717, 1.165) is 11.3 Å². The SMILES string of the molecule is C=CCN(c1ncc(CO)c(C)n1)C(C)(C)C. The van der Waals surface area contributed by atoms with E-state index < -0.39 is 0 Å². The van der Waals surface area contributed by atoms with Gasteiger partial charge in [0.1, 0.15) is 0 Å². The van der Waals surface area contributed by atoms with Gasteiger partial charge in [0, 0.05) is 29.5 Å². The van der Waals surface area contributed by atoms with Gasteiger partial charge in [-0.15, -0.1) is 6.58 Å². The third-order valence-corrected chi connectivity index (χ3v) is 2.60. The highest BCUT2D eigenvalue weighted by molar-refractivity contribution is 5.36. The summed E-state index contributed by atoms with van der Waals surface area (Å²) in [6.45, 7) is 12.6. The molecule has 0 aromatic carbocycles. The summed E-state index contributed by atoms with van der Waals surface area (Å²) in [5.41, 5.74) is 1.51. The summed E-state index contributed by atoms with van der Waals surface area (Å²) < 4.78 is 0. The van der Waals surface area contributed by atoms with Gasteiger partial charge in [0.2, 0.25) is 5.95 Å². The molecule has 94 valence electrons. The van der Waals surface area contributed by atoms with Crippen molar-refractivity contribution in [2.75, 3.05) is 11.4 Å². The first kappa shape index (κ1) is 13.6. The van der Waals surface area contributed by atoms with E-state index >= 15 is 0 Å². The van der Waals surface area contributed by atoms with Crippen LogP contribution in [0.3, 0.4) is 0 Å². The molecule has 1 aromatic heterocycles. The van der Waals surface area contributed by atoms with Crippen molar-refractivity contribution in [2.45, 2.75) is 39.8 Å². The fourth-order valence-corrected chi connectivity index (χ4v) is 1.55. The fraction of sp³-hybridized carbons (Fsp3) is 0.538. The Labute approximate surface area is 103 Å². The molecule has 0 aliphatic rings. The Kier molecular flexibility index (Phi) is 4.23. The first-order valence-electron chi connectivity index (χ1n) is 5.72. The van der Waals surface area contributed by atoms with E-state index in [4.69, 9.17) is 5.11 Å². The van der Waals surface area contributed by atoms with Gasteiger partial charge in [-0.3, -0.25) is 0 Å². The Bertz CT molecular complexity index is 396. The van der Waals surface area contributed by atoms with Gasteiger partial charge in [0.15, 0.2) is 0 Å². The van der Waals surface area contributed by atoms with Crippen LogP contribution in [0.25, 0.3) is 0 Å². The zero-order valence-electron chi connectivity index (χ0n) is 11.1. The number of aliphatic hydroxyl groups is 1. The molecule has 1 rings (SSSR count). The summed E-state index contributed by atoms with van der Waals surface area (Å²) in [6, 6.07) is 0. The summed E-state index contributed by atoms with van der Waals surface area (Å²) in [5, 5.41) is 9.10. The van der Waals surface area contributed by atoms with E-state index in [0.29, 0.717) is 12.5 Å². The number of hydrogen-bond acceptors (Lipinski definition) is 4. The number of aryl methyl sites for hydroxylation is 1. The van der Waals surface area contributed by atoms with E-state index in [9.17, 15) is 0 Å². The normalized spacial score (nSPS) is 11.4. The average molecular weight is 235 g/mol. The molecular weight excluding hydrogens is 214 g/mol. The zero-order valence-corrected chi connectivity index (χ0v) is 11.1. The quantitative estimate of drug-likeness (QED) is 0.812. The van der Waals surface area contributed by atoms with Crippen molar-refractivity contribution in [1.29, 1.82) is 0 Å². The second-order valence-electron chi connectivity index (χ2n) is 5.01. The van der Waals surface area contributed by atoms with Gasteiger partial charge in [0.05, 0.1) is 6.61 Å². The summed E-state index contributed by atoms with van der Waals surface area (Å²) in [4.78, 5) is 10.8. The first-order chi connectivity index (χ1) is 7.90. The molecule has 4 nitrogen and oxygen atoms in total. The molecule has 1 N–H and O–H groups in total. The summed E-state index contributed by atoms with van der Waals surface area (Å²) in [5.74, 6) is 0.673. The molecule has 0 amide bonds. The fourth-order valence-electron chi connectivity index (χ4n) is 1.55. The Morgan fingerprint density at radius 3 is 2.53 bits per heavy atom. The molecule has 0 aliphatic heterocycles. The number of rotatable bonds is 4. The van der Waals surface area contributed by atoms with Crippen molar-refractivity contribution in [1.82, 2.24) is 9.97 Å². The van der Waals surface area contributed by atoms with E-state index in [1.807, 2.05) is 13.0 Å². The maximum absolute atomic E-state index is 9.10. The first-order valence-corrected chi connectivity index (χ1v) is 5.72. The van der Waals surface area contributed by atoms with E-state index in [1.54, 1.807) is 6.20 Å². The van der Waals surface area contributed by atoms with Gasteiger partial charge in [0.25, 0.3) is 0 Å². The van der Waals surface area contributed by atoms with Gasteiger partial charge in [-0.1, -0.05) is 6.08 Å². The second-order valence-corrected chi connectivity index (χ2v) is 5.01. The molecule has 1 aromatic rings. The average Bonchev–Trinajstić information content (AvgIpc) is 2.24. The highest BCUT2D eigenvalue weighted by atomic mass is 16.3. The van der Waals surface area contributed by atoms with Crippen LogP contribution in [0, 0.1) is 6.92 Å². The summed E-state index contributed by atoms with van der Waals surface area (Å²) in [7, 11) is 0. The highest BCUT2D eigenvalue weighted by Gasteiger charge is 2.23. The van der Waals surface area contributed by atoms with E-state index in [1.165, 1.54) is 0 Å². The van der Waals surface area contributed by atoms with Gasteiger partial charge >= 0.3 is 0 Å². The largest absolute Gasteiger partial charge is 0.392 e. The van der Waals surface area contributed by atoms with Crippen molar-refractivity contribution >= 4 is 5.95 Å². The lowest BCUT2D eigenvalue weighted by Gasteiger charge is -2.35. The molecule has 0 saturated carbocycles. The molecule has 0 spiro atoms. The molecule has 4 heteroatoms. The molecule has 17 heavy (non-hydrogen) atoms. The number of hydrogen-bond donors (Lipinski definition) is 1. The standard InChI is InChI=1S/C13H21N3O/c1-6-7-16(13(3,4)5)12-14-8-11(9-17)10(2)15-12/h6,8,17H,1,7,9H2,2-5H3. The van der Waals surface area contributed by atoms with Crippen LogP contribution in [-0.2, 0) is 6.61 Å². The summed E-state index contributed by atoms with van der Waals surface area (Å²) >= 11 is 0. The van der Waals surface area contributed by atoms with Gasteiger partial charge in [-0.05, 0) is 27.7 Å². The van der Waals surface area contributed by atoms with Crippen LogP contribution in [0.1, 0.15) is 32.0 Å². The monoisotopic (exact) mass is 235 g/mol. The van der Waals surface area contributed by atoms with Crippen molar-refractivity contribution in [3.05, 3.63) is 30.1 Å². The highest BCUT2D eigenvalue weighted by Crippen LogP contribution is 2.20. The molecule has 0 radical (unpaired) electrons. The predicted octanol–water partition coefficient (Wildman–Crippen LogP) is 2.07. The van der Waals surface area contributed by atoms with Crippen molar-refractivity contribution in [2.24, 2.45) is 0 Å². The number of nitrogens with zero attached hydrogens (tertiary/aromatic N) is 3. The topological polar surface area (TPSA) is 49.2 Å². The van der Waals surface area contributed by atoms with Gasteiger partial charge < -0.3 is 10.0 Å². The molecule has 0 saturated heterocycles. The lowest BCUT2D eigenvalue weighted by Crippen LogP contribution is -2.42. The number of anilines is 1. The minimum absolute atomic E-state index is 0.0247. The van der Waals surface area contributed by atoms with Crippen LogP contribution in [0.2, 0.25) is 0 Å². The third kappa shape index (κ3) is 3.27. The number of aromatic nitrogens is 2. The predicted molar refractivity (Wildman–Crippen MR) is 70.0 cm³/mol. The minimum Gasteiger partial charge on any atom is -0.392 e. The van der Waals surface area contributed by atoms with E-state index in [2.05, 4.69) is 42.2 Å². The molecule has 0 unspecified atom stereocenters. The van der Waals surface area contributed by atoms with Crippen LogP contribution < -0.4 is 4.90 Å². The molecule has 1 heterocycles. The zero-order chi connectivity index (χ0) is 13.1.